The molecule has 0 aliphatic carbocycles. The van der Waals surface area contributed by atoms with Crippen molar-refractivity contribution >= 4 is 52.2 Å². The van der Waals surface area contributed by atoms with Gasteiger partial charge in [-0.15, -0.1) is 22.7 Å². The number of aromatic nitrogens is 2. The van der Waals surface area contributed by atoms with Crippen LogP contribution in [0.4, 0.5) is 0 Å². The van der Waals surface area contributed by atoms with E-state index in [9.17, 15) is 24.0 Å². The van der Waals surface area contributed by atoms with E-state index in [-0.39, 0.29) is 79.0 Å². The van der Waals surface area contributed by atoms with Gasteiger partial charge >= 0.3 is 0 Å². The number of nitrogens with zero attached hydrogens (tertiary/aromatic N) is 4. The van der Waals surface area contributed by atoms with E-state index in [1.807, 2.05) is 51.1 Å². The monoisotopic (exact) mass is 723 g/mol. The van der Waals surface area contributed by atoms with Crippen LogP contribution in [0.25, 0.3) is 0 Å². The Morgan fingerprint density at radius 2 is 1.60 bits per heavy atom. The van der Waals surface area contributed by atoms with Crippen LogP contribution in [0.5, 0.6) is 0 Å². The Morgan fingerprint density at radius 3 is 2.30 bits per heavy atom. The highest BCUT2D eigenvalue weighted by atomic mass is 32.1. The van der Waals surface area contributed by atoms with Gasteiger partial charge in [-0.25, -0.2) is 9.97 Å². The van der Waals surface area contributed by atoms with E-state index in [0.717, 1.165) is 5.56 Å². The lowest BCUT2D eigenvalue weighted by atomic mass is 9.95. The Hall–Kier alpha value is -4.21. The SMILES string of the molecule is CCOCC(=O)N1CCC(C(=O)N2CCCNC(=O)c3csc(n3)[C@H](C(C)C)NC(=O)c3csc(n3)[C@H](Cc3ccccc3)NC(=O)C2)CC1. The molecule has 2 aliphatic rings. The molecule has 5 amide bonds. The Bertz CT molecular complexity index is 1640. The Balaban J connectivity index is 1.38. The van der Waals surface area contributed by atoms with Gasteiger partial charge in [0, 0.05) is 49.5 Å². The average Bonchev–Trinajstić information content (AvgIpc) is 3.81. The van der Waals surface area contributed by atoms with Crippen LogP contribution in [0.1, 0.15) is 88.7 Å². The highest BCUT2D eigenvalue weighted by Gasteiger charge is 2.32. The van der Waals surface area contributed by atoms with Gasteiger partial charge in [0.25, 0.3) is 11.8 Å². The number of fused-ring (bicyclic) bond motifs is 4. The number of ether oxygens (including phenoxy) is 1. The lowest BCUT2D eigenvalue weighted by Crippen LogP contribution is -2.48. The molecule has 2 aromatic heterocycles. The molecule has 3 N–H and O–H groups in total. The van der Waals surface area contributed by atoms with Crippen molar-refractivity contribution in [1.82, 2.24) is 35.7 Å². The van der Waals surface area contributed by atoms with Gasteiger partial charge < -0.3 is 30.5 Å². The number of piperidine rings is 1. The molecule has 1 aromatic carbocycles. The van der Waals surface area contributed by atoms with Crippen LogP contribution in [-0.4, -0.2) is 95.2 Å². The second-order valence-corrected chi connectivity index (χ2v) is 14.6. The topological polar surface area (TPSA) is 163 Å². The number of carbonyl (C=O) groups is 5. The Kier molecular flexibility index (Phi) is 13.1. The predicted octanol–water partition coefficient (Wildman–Crippen LogP) is 3.36. The second-order valence-electron chi connectivity index (χ2n) is 12.8. The maximum Gasteiger partial charge on any atom is 0.271 e. The number of thiazole rings is 2. The van der Waals surface area contributed by atoms with E-state index in [2.05, 4.69) is 25.9 Å². The molecule has 1 fully saturated rings. The molecule has 13 nitrogen and oxygen atoms in total. The van der Waals surface area contributed by atoms with Crippen LogP contribution in [0.2, 0.25) is 0 Å². The largest absolute Gasteiger partial charge is 0.372 e. The number of carbonyl (C=O) groups excluding carboxylic acids is 5. The van der Waals surface area contributed by atoms with Crippen molar-refractivity contribution in [2.75, 3.05) is 45.9 Å². The van der Waals surface area contributed by atoms with E-state index in [4.69, 9.17) is 4.74 Å². The first kappa shape index (κ1) is 37.1. The lowest BCUT2D eigenvalue weighted by molar-refractivity contribution is -0.144. The minimum absolute atomic E-state index is 0.00957. The normalized spacial score (nSPS) is 20.0. The summed E-state index contributed by atoms with van der Waals surface area (Å²) in [6.45, 7) is 7.44. The van der Waals surface area contributed by atoms with Gasteiger partial charge in [0.2, 0.25) is 17.7 Å². The molecular formula is C35H45N7O6S2. The van der Waals surface area contributed by atoms with Crippen molar-refractivity contribution in [3.05, 3.63) is 68.1 Å². The summed E-state index contributed by atoms with van der Waals surface area (Å²) in [6.07, 6.45) is 1.82. The van der Waals surface area contributed by atoms with Gasteiger partial charge in [-0.05, 0) is 44.1 Å². The van der Waals surface area contributed by atoms with Crippen molar-refractivity contribution in [3.8, 4) is 0 Å². The molecule has 5 rings (SSSR count). The molecule has 0 radical (unpaired) electrons. The smallest absolute Gasteiger partial charge is 0.271 e. The highest BCUT2D eigenvalue weighted by Crippen LogP contribution is 2.28. The molecule has 3 aromatic rings. The zero-order valence-corrected chi connectivity index (χ0v) is 30.3. The molecule has 2 aliphatic heterocycles. The van der Waals surface area contributed by atoms with Gasteiger partial charge in [-0.1, -0.05) is 44.2 Å². The molecule has 268 valence electrons. The first-order chi connectivity index (χ1) is 24.1. The Labute approximate surface area is 300 Å². The van der Waals surface area contributed by atoms with Crippen LogP contribution in [-0.2, 0) is 25.5 Å². The third kappa shape index (κ3) is 9.73. The zero-order chi connectivity index (χ0) is 35.6. The first-order valence-electron chi connectivity index (χ1n) is 17.1. The Morgan fingerprint density at radius 1 is 0.920 bits per heavy atom. The summed E-state index contributed by atoms with van der Waals surface area (Å²) in [6, 6.07) is 8.72. The van der Waals surface area contributed by atoms with Gasteiger partial charge in [0.15, 0.2) is 0 Å². The fourth-order valence-corrected chi connectivity index (χ4v) is 7.89. The first-order valence-corrected chi connectivity index (χ1v) is 18.9. The molecule has 1 saturated heterocycles. The predicted molar refractivity (Wildman–Crippen MR) is 190 cm³/mol. The summed E-state index contributed by atoms with van der Waals surface area (Å²) in [5.74, 6) is -1.71. The summed E-state index contributed by atoms with van der Waals surface area (Å²) in [5.41, 5.74) is 1.45. The van der Waals surface area contributed by atoms with E-state index < -0.39 is 12.1 Å². The minimum Gasteiger partial charge on any atom is -0.372 e. The molecule has 15 heteroatoms. The number of hydrogen-bond acceptors (Lipinski definition) is 10. The number of likely N-dealkylation sites (tertiary alicyclic amines) is 1. The molecule has 50 heavy (non-hydrogen) atoms. The van der Waals surface area contributed by atoms with Crippen molar-refractivity contribution in [3.63, 3.8) is 0 Å². The average molecular weight is 724 g/mol. The summed E-state index contributed by atoms with van der Waals surface area (Å²) in [5, 5.41) is 13.5. The van der Waals surface area contributed by atoms with Crippen LogP contribution in [0.3, 0.4) is 0 Å². The van der Waals surface area contributed by atoms with Crippen molar-refractivity contribution < 1.29 is 28.7 Å². The zero-order valence-electron chi connectivity index (χ0n) is 28.7. The minimum atomic E-state index is -0.545. The summed E-state index contributed by atoms with van der Waals surface area (Å²) >= 11 is 2.60. The molecule has 0 unspecified atom stereocenters. The van der Waals surface area contributed by atoms with Crippen LogP contribution < -0.4 is 16.0 Å². The van der Waals surface area contributed by atoms with Crippen LogP contribution in [0.15, 0.2) is 41.1 Å². The van der Waals surface area contributed by atoms with Crippen LogP contribution >= 0.6 is 22.7 Å². The van der Waals surface area contributed by atoms with Crippen molar-refractivity contribution in [2.24, 2.45) is 11.8 Å². The molecule has 4 heterocycles. The fourth-order valence-electron chi connectivity index (χ4n) is 6.02. The van der Waals surface area contributed by atoms with E-state index in [1.54, 1.807) is 20.6 Å². The quantitative estimate of drug-likeness (QED) is 0.334. The lowest BCUT2D eigenvalue weighted by Gasteiger charge is -2.34. The molecular weight excluding hydrogens is 679 g/mol. The molecule has 4 bridgehead atoms. The van der Waals surface area contributed by atoms with Crippen molar-refractivity contribution in [1.29, 1.82) is 0 Å². The second kappa shape index (κ2) is 17.6. The van der Waals surface area contributed by atoms with Gasteiger partial charge in [0.1, 0.15) is 28.0 Å². The third-order valence-corrected chi connectivity index (χ3v) is 10.7. The number of nitrogens with one attached hydrogen (secondary N) is 3. The van der Waals surface area contributed by atoms with Crippen molar-refractivity contribution in [2.45, 2.75) is 58.5 Å². The van der Waals surface area contributed by atoms with E-state index >= 15 is 0 Å². The molecule has 0 saturated carbocycles. The number of amides is 5. The summed E-state index contributed by atoms with van der Waals surface area (Å²) in [4.78, 5) is 79.1. The van der Waals surface area contributed by atoms with Gasteiger partial charge in [-0.2, -0.15) is 0 Å². The highest BCUT2D eigenvalue weighted by molar-refractivity contribution is 7.10. The molecule has 2 atom stereocenters. The van der Waals surface area contributed by atoms with E-state index in [0.29, 0.717) is 55.4 Å². The maximum absolute atomic E-state index is 13.9. The number of rotatable bonds is 7. The summed E-state index contributed by atoms with van der Waals surface area (Å²) in [7, 11) is 0. The van der Waals surface area contributed by atoms with E-state index in [1.165, 1.54) is 22.7 Å². The van der Waals surface area contributed by atoms with Gasteiger partial charge in [-0.3, -0.25) is 24.0 Å². The number of hydrogen-bond donors (Lipinski definition) is 3. The standard InChI is InChI=1S/C35H45N7O6S2/c1-4-48-19-29(44)41-15-11-24(12-16-41)35(47)42-14-8-13-36-31(45)26-20-50-34(39-26)30(22(2)3)40-32(46)27-21-49-33(38-27)25(37-28(43)18-42)17-23-9-6-5-7-10-23/h5-7,9-10,20-22,24-25,30H,4,8,11-19H2,1-3H3,(H,36,45)(H,37,43)(H,40,46)/t25-,30-/m0/s1. The number of benzene rings is 1. The summed E-state index contributed by atoms with van der Waals surface area (Å²) < 4.78 is 5.27. The molecule has 0 spiro atoms. The fraction of sp³-hybridized carbons (Fsp3) is 0.514. The van der Waals surface area contributed by atoms with Crippen LogP contribution in [0, 0.1) is 11.8 Å². The van der Waals surface area contributed by atoms with Gasteiger partial charge in [0.05, 0.1) is 18.6 Å². The third-order valence-electron chi connectivity index (χ3n) is 8.81. The maximum atomic E-state index is 13.9.